The number of H-pyrrole nitrogens is 1. The van der Waals surface area contributed by atoms with E-state index in [1.807, 2.05) is 53.6 Å². The minimum absolute atomic E-state index is 0.138. The van der Waals surface area contributed by atoms with Crippen molar-refractivity contribution in [3.05, 3.63) is 95.7 Å². The Labute approximate surface area is 203 Å². The molecule has 4 aromatic rings. The molecule has 0 bridgehead atoms. The molecule has 1 amide bonds. The summed E-state index contributed by atoms with van der Waals surface area (Å²) in [5.74, 6) is 0.401. The predicted molar refractivity (Wildman–Crippen MR) is 133 cm³/mol. The van der Waals surface area contributed by atoms with Crippen molar-refractivity contribution in [2.75, 3.05) is 19.7 Å². The van der Waals surface area contributed by atoms with Crippen LogP contribution in [0.3, 0.4) is 0 Å². The average molecular weight is 469 g/mol. The second kappa shape index (κ2) is 9.80. The number of amides is 1. The molecule has 1 aliphatic rings. The first-order chi connectivity index (χ1) is 17.1. The first-order valence-electron chi connectivity index (χ1n) is 11.9. The van der Waals surface area contributed by atoms with Crippen LogP contribution in [0.1, 0.15) is 40.2 Å². The number of hydrogen-bond donors (Lipinski definition) is 2. The lowest BCUT2D eigenvalue weighted by atomic mass is 9.70. The summed E-state index contributed by atoms with van der Waals surface area (Å²) in [6.07, 6.45) is 7.51. The summed E-state index contributed by atoms with van der Waals surface area (Å²) in [7, 11) is 0. The molecule has 0 radical (unpaired) electrons. The normalized spacial score (nSPS) is 15.3. The van der Waals surface area contributed by atoms with Crippen LogP contribution in [0.2, 0.25) is 0 Å². The highest BCUT2D eigenvalue weighted by atomic mass is 16.3. The van der Waals surface area contributed by atoms with Gasteiger partial charge >= 0.3 is 0 Å². The fourth-order valence-corrected chi connectivity index (χ4v) is 5.08. The number of likely N-dealkylation sites (tertiary alicyclic amines) is 1. The van der Waals surface area contributed by atoms with E-state index in [2.05, 4.69) is 27.1 Å². The molecule has 0 atom stereocenters. The smallest absolute Gasteiger partial charge is 0.227 e. The van der Waals surface area contributed by atoms with Crippen LogP contribution in [0.5, 0.6) is 0 Å². The van der Waals surface area contributed by atoms with Crippen molar-refractivity contribution in [1.29, 1.82) is 0 Å². The number of ketones is 1. The van der Waals surface area contributed by atoms with E-state index in [1.165, 1.54) is 18.0 Å². The molecule has 2 aromatic heterocycles. The molecular formula is C28H28N4O3. The Morgan fingerprint density at radius 3 is 2.37 bits per heavy atom. The maximum absolute atomic E-state index is 13.2. The summed E-state index contributed by atoms with van der Waals surface area (Å²) in [6.45, 7) is 0.771. The summed E-state index contributed by atoms with van der Waals surface area (Å²) in [5.41, 5.74) is 3.40. The molecule has 0 saturated carbocycles. The Morgan fingerprint density at radius 2 is 1.66 bits per heavy atom. The van der Waals surface area contributed by atoms with Gasteiger partial charge in [0.1, 0.15) is 12.4 Å². The van der Waals surface area contributed by atoms with Gasteiger partial charge in [-0.05, 0) is 30.0 Å². The Hall–Kier alpha value is -3.84. The first-order valence-corrected chi connectivity index (χ1v) is 11.9. The molecule has 2 N–H and O–H groups in total. The van der Waals surface area contributed by atoms with Gasteiger partial charge < -0.3 is 15.0 Å². The van der Waals surface area contributed by atoms with E-state index in [0.29, 0.717) is 37.3 Å². The number of rotatable bonds is 7. The van der Waals surface area contributed by atoms with Gasteiger partial charge in [-0.1, -0.05) is 48.5 Å². The van der Waals surface area contributed by atoms with Gasteiger partial charge in [0, 0.05) is 54.4 Å². The van der Waals surface area contributed by atoms with Crippen molar-refractivity contribution >= 4 is 22.6 Å². The highest BCUT2D eigenvalue weighted by molar-refractivity contribution is 5.96. The van der Waals surface area contributed by atoms with E-state index in [4.69, 9.17) is 5.11 Å². The average Bonchev–Trinajstić information content (AvgIpc) is 3.32. The summed E-state index contributed by atoms with van der Waals surface area (Å²) in [6, 6.07) is 18.4. The SMILES string of the molecule is O=C(CO)c1cnc(CC2(c3ccccc3)CCN(C(=O)Cc3c[nH]c4ccccc34)CC2)nc1. The number of benzene rings is 2. The van der Waals surface area contributed by atoms with Crippen molar-refractivity contribution < 1.29 is 14.7 Å². The van der Waals surface area contributed by atoms with Gasteiger partial charge in [-0.15, -0.1) is 0 Å². The molecule has 0 spiro atoms. The summed E-state index contributed by atoms with van der Waals surface area (Å²) >= 11 is 0. The molecule has 0 aliphatic carbocycles. The molecule has 7 heteroatoms. The fraction of sp³-hybridized carbons (Fsp3) is 0.286. The fourth-order valence-electron chi connectivity index (χ4n) is 5.08. The van der Waals surface area contributed by atoms with Crippen LogP contribution < -0.4 is 0 Å². The third-order valence-electron chi connectivity index (χ3n) is 7.14. The van der Waals surface area contributed by atoms with Crippen LogP contribution in [0.25, 0.3) is 10.9 Å². The summed E-state index contributed by atoms with van der Waals surface area (Å²) < 4.78 is 0. The molecule has 178 valence electrons. The third kappa shape index (κ3) is 4.72. The van der Waals surface area contributed by atoms with Crippen molar-refractivity contribution in [2.24, 2.45) is 0 Å². The minimum Gasteiger partial charge on any atom is -0.388 e. The monoisotopic (exact) mass is 468 g/mol. The molecule has 1 aliphatic heterocycles. The number of Topliss-reactive ketones (excluding diaryl/α,β-unsaturated/α-hetero) is 1. The van der Waals surface area contributed by atoms with E-state index >= 15 is 0 Å². The summed E-state index contributed by atoms with van der Waals surface area (Å²) in [4.78, 5) is 39.0. The van der Waals surface area contributed by atoms with E-state index in [9.17, 15) is 9.59 Å². The van der Waals surface area contributed by atoms with Crippen molar-refractivity contribution in [3.63, 3.8) is 0 Å². The number of aromatic nitrogens is 3. The highest BCUT2D eigenvalue weighted by Crippen LogP contribution is 2.38. The molecule has 5 rings (SSSR count). The standard InChI is InChI=1S/C28H28N4O3/c33-19-25(34)21-17-30-26(31-18-21)15-28(22-6-2-1-3-7-22)10-12-32(13-11-28)27(35)14-20-16-29-24-9-5-4-8-23(20)24/h1-9,16-18,29,33H,10-15,19H2. The quantitative estimate of drug-likeness (QED) is 0.405. The number of piperidine rings is 1. The van der Waals surface area contributed by atoms with Crippen LogP contribution in [0.15, 0.2) is 73.2 Å². The number of carbonyl (C=O) groups is 2. The van der Waals surface area contributed by atoms with Crippen LogP contribution in [-0.2, 0) is 23.1 Å². The number of fused-ring (bicyclic) bond motifs is 1. The maximum atomic E-state index is 13.2. The number of nitrogens with zero attached hydrogens (tertiary/aromatic N) is 3. The Kier molecular flexibility index (Phi) is 6.42. The van der Waals surface area contributed by atoms with Gasteiger partial charge in [-0.3, -0.25) is 9.59 Å². The zero-order chi connectivity index (χ0) is 24.3. The zero-order valence-electron chi connectivity index (χ0n) is 19.5. The number of hydrogen-bond acceptors (Lipinski definition) is 5. The molecular weight excluding hydrogens is 440 g/mol. The Bertz CT molecular complexity index is 1320. The lowest BCUT2D eigenvalue weighted by Gasteiger charge is -2.42. The van der Waals surface area contributed by atoms with E-state index in [0.717, 1.165) is 29.3 Å². The molecule has 7 nitrogen and oxygen atoms in total. The highest BCUT2D eigenvalue weighted by Gasteiger charge is 2.38. The Balaban J connectivity index is 1.32. The van der Waals surface area contributed by atoms with Gasteiger partial charge in [0.15, 0.2) is 5.78 Å². The molecule has 0 unspecified atom stereocenters. The van der Waals surface area contributed by atoms with E-state index in [1.54, 1.807) is 0 Å². The largest absolute Gasteiger partial charge is 0.388 e. The second-order valence-corrected chi connectivity index (χ2v) is 9.21. The Morgan fingerprint density at radius 1 is 0.971 bits per heavy atom. The van der Waals surface area contributed by atoms with Crippen LogP contribution in [0, 0.1) is 0 Å². The van der Waals surface area contributed by atoms with Crippen LogP contribution in [0.4, 0.5) is 0 Å². The maximum Gasteiger partial charge on any atom is 0.227 e. The molecule has 1 fully saturated rings. The van der Waals surface area contributed by atoms with Gasteiger partial charge in [0.05, 0.1) is 12.0 Å². The number of para-hydroxylation sites is 1. The van der Waals surface area contributed by atoms with Crippen molar-refractivity contribution in [3.8, 4) is 0 Å². The first kappa shape index (κ1) is 22.9. The van der Waals surface area contributed by atoms with Gasteiger partial charge in [0.2, 0.25) is 5.91 Å². The van der Waals surface area contributed by atoms with Gasteiger partial charge in [-0.2, -0.15) is 0 Å². The number of aromatic amines is 1. The topological polar surface area (TPSA) is 99.2 Å². The van der Waals surface area contributed by atoms with Crippen molar-refractivity contribution in [1.82, 2.24) is 19.9 Å². The zero-order valence-corrected chi connectivity index (χ0v) is 19.5. The van der Waals surface area contributed by atoms with E-state index in [-0.39, 0.29) is 11.3 Å². The third-order valence-corrected chi connectivity index (χ3v) is 7.14. The lowest BCUT2D eigenvalue weighted by molar-refractivity contribution is -0.132. The van der Waals surface area contributed by atoms with Gasteiger partial charge in [-0.25, -0.2) is 9.97 Å². The van der Waals surface area contributed by atoms with Crippen LogP contribution in [-0.4, -0.2) is 56.3 Å². The molecule has 2 aromatic carbocycles. The second-order valence-electron chi connectivity index (χ2n) is 9.21. The molecule has 35 heavy (non-hydrogen) atoms. The number of aliphatic hydroxyl groups is 1. The number of carbonyl (C=O) groups excluding carboxylic acids is 2. The van der Waals surface area contributed by atoms with Gasteiger partial charge in [0.25, 0.3) is 0 Å². The minimum atomic E-state index is -0.556. The molecule has 3 heterocycles. The summed E-state index contributed by atoms with van der Waals surface area (Å²) in [5, 5.41) is 10.2. The van der Waals surface area contributed by atoms with Crippen LogP contribution >= 0.6 is 0 Å². The lowest BCUT2D eigenvalue weighted by Crippen LogP contribution is -2.46. The van der Waals surface area contributed by atoms with Crippen molar-refractivity contribution in [2.45, 2.75) is 31.1 Å². The number of nitrogens with one attached hydrogen (secondary N) is 1. The predicted octanol–water partition coefficient (Wildman–Crippen LogP) is 3.48. The van der Waals surface area contributed by atoms with E-state index < -0.39 is 12.4 Å². The molecule has 1 saturated heterocycles. The number of aliphatic hydroxyl groups excluding tert-OH is 1.